The van der Waals surface area contributed by atoms with Crippen LogP contribution in [0, 0.1) is 6.92 Å². The first kappa shape index (κ1) is 20.9. The van der Waals surface area contributed by atoms with E-state index >= 15 is 0 Å². The van der Waals surface area contributed by atoms with E-state index in [4.69, 9.17) is 4.74 Å². The van der Waals surface area contributed by atoms with Crippen molar-refractivity contribution in [3.63, 3.8) is 0 Å². The van der Waals surface area contributed by atoms with Crippen LogP contribution in [0.3, 0.4) is 0 Å². The summed E-state index contributed by atoms with van der Waals surface area (Å²) in [7, 11) is 1.47. The zero-order valence-corrected chi connectivity index (χ0v) is 16.4. The van der Waals surface area contributed by atoms with Crippen molar-refractivity contribution in [2.24, 2.45) is 4.99 Å². The van der Waals surface area contributed by atoms with Crippen LogP contribution in [0.4, 0.5) is 8.78 Å². The van der Waals surface area contributed by atoms with Gasteiger partial charge in [0.05, 0.1) is 24.4 Å². The molecule has 9 heteroatoms. The van der Waals surface area contributed by atoms with Gasteiger partial charge in [-0.2, -0.15) is 8.78 Å². The number of methoxy groups -OCH3 is 1. The molecular weight excluding hydrogens is 374 g/mol. The fourth-order valence-corrected chi connectivity index (χ4v) is 2.98. The average molecular weight is 398 g/mol. The summed E-state index contributed by atoms with van der Waals surface area (Å²) < 4.78 is 35.0. The number of alkyl halides is 2. The maximum atomic E-state index is 12.7. The molecule has 0 radical (unpaired) electrons. The number of aryl methyl sites for hydroxylation is 1. The molecule has 6 nitrogen and oxygen atoms in total. The molecule has 0 atom stereocenters. The summed E-state index contributed by atoms with van der Waals surface area (Å²) in [6.07, 6.45) is 0.775. The molecule has 0 amide bonds. The van der Waals surface area contributed by atoms with Crippen LogP contribution in [0.2, 0.25) is 0 Å². The van der Waals surface area contributed by atoms with E-state index in [1.807, 2.05) is 19.2 Å². The predicted octanol–water partition coefficient (Wildman–Crippen LogP) is 3.36. The van der Waals surface area contributed by atoms with Crippen LogP contribution < -0.4 is 20.1 Å². The monoisotopic (exact) mass is 398 g/mol. The lowest BCUT2D eigenvalue weighted by molar-refractivity contribution is -0.0505. The molecule has 2 N–H and O–H groups in total. The molecule has 0 fully saturated rings. The maximum Gasteiger partial charge on any atom is 0.387 e. The fourth-order valence-electron chi connectivity index (χ4n) is 2.34. The Labute approximate surface area is 161 Å². The molecule has 148 valence electrons. The molecule has 0 saturated carbocycles. The lowest BCUT2D eigenvalue weighted by Gasteiger charge is -2.13. The number of nitrogens with zero attached hydrogens (tertiary/aromatic N) is 2. The van der Waals surface area contributed by atoms with E-state index in [9.17, 15) is 8.78 Å². The molecule has 0 unspecified atom stereocenters. The zero-order valence-electron chi connectivity index (χ0n) is 15.6. The molecule has 2 aromatic rings. The van der Waals surface area contributed by atoms with Crippen molar-refractivity contribution in [1.29, 1.82) is 0 Å². The van der Waals surface area contributed by atoms with Crippen LogP contribution in [0.1, 0.15) is 23.2 Å². The second kappa shape index (κ2) is 10.7. The van der Waals surface area contributed by atoms with Crippen LogP contribution >= 0.6 is 11.3 Å². The SMILES string of the molecule is CCNC(=NCc1ccc(OC)cc1OC(F)F)NCCc1csc(C)n1. The summed E-state index contributed by atoms with van der Waals surface area (Å²) in [5.74, 6) is 1.10. The zero-order chi connectivity index (χ0) is 19.6. The van der Waals surface area contributed by atoms with E-state index < -0.39 is 6.61 Å². The highest BCUT2D eigenvalue weighted by Crippen LogP contribution is 2.27. The molecule has 0 aliphatic rings. The molecule has 0 saturated heterocycles. The summed E-state index contributed by atoms with van der Waals surface area (Å²) in [5.41, 5.74) is 1.58. The van der Waals surface area contributed by atoms with Gasteiger partial charge in [-0.15, -0.1) is 11.3 Å². The number of guanidine groups is 1. The molecule has 27 heavy (non-hydrogen) atoms. The Morgan fingerprint density at radius 3 is 2.78 bits per heavy atom. The first-order chi connectivity index (χ1) is 13.0. The number of hydrogen-bond acceptors (Lipinski definition) is 5. The Balaban J connectivity index is 2.02. The normalized spacial score (nSPS) is 11.6. The molecule has 0 spiro atoms. The molecule has 0 aliphatic heterocycles. The van der Waals surface area contributed by atoms with Gasteiger partial charge >= 0.3 is 6.61 Å². The number of hydrogen-bond donors (Lipinski definition) is 2. The van der Waals surface area contributed by atoms with Crippen molar-refractivity contribution in [1.82, 2.24) is 15.6 Å². The van der Waals surface area contributed by atoms with E-state index in [-0.39, 0.29) is 12.3 Å². The summed E-state index contributed by atoms with van der Waals surface area (Å²) in [6.45, 7) is 2.56. The van der Waals surface area contributed by atoms with Crippen molar-refractivity contribution in [2.75, 3.05) is 20.2 Å². The van der Waals surface area contributed by atoms with Crippen LogP contribution in [0.25, 0.3) is 0 Å². The Morgan fingerprint density at radius 2 is 2.15 bits per heavy atom. The standard InChI is InChI=1S/C18H24F2N4O2S/c1-4-21-18(22-8-7-14-11-27-12(2)24-14)23-10-13-5-6-15(25-3)9-16(13)26-17(19)20/h5-6,9,11,17H,4,7-8,10H2,1-3H3,(H2,21,22,23). The van der Waals surface area contributed by atoms with Gasteiger partial charge in [-0.1, -0.05) is 0 Å². The van der Waals surface area contributed by atoms with Crippen molar-refractivity contribution >= 4 is 17.3 Å². The van der Waals surface area contributed by atoms with Gasteiger partial charge in [0.1, 0.15) is 11.5 Å². The fraction of sp³-hybridized carbons (Fsp3) is 0.444. The van der Waals surface area contributed by atoms with Gasteiger partial charge in [-0.3, -0.25) is 0 Å². The van der Waals surface area contributed by atoms with Crippen molar-refractivity contribution in [2.45, 2.75) is 33.4 Å². The van der Waals surface area contributed by atoms with E-state index in [1.165, 1.54) is 13.2 Å². The van der Waals surface area contributed by atoms with E-state index in [0.717, 1.165) is 17.1 Å². The highest BCUT2D eigenvalue weighted by Gasteiger charge is 2.11. The number of halogens is 2. The number of thiazole rings is 1. The summed E-state index contributed by atoms with van der Waals surface area (Å²) in [4.78, 5) is 8.88. The van der Waals surface area contributed by atoms with Crippen molar-refractivity contribution in [3.05, 3.63) is 39.8 Å². The van der Waals surface area contributed by atoms with Crippen molar-refractivity contribution in [3.8, 4) is 11.5 Å². The Bertz CT molecular complexity index is 753. The summed E-state index contributed by atoms with van der Waals surface area (Å²) >= 11 is 1.62. The molecule has 1 aromatic heterocycles. The first-order valence-corrected chi connectivity index (χ1v) is 9.44. The second-order valence-electron chi connectivity index (χ2n) is 5.58. The van der Waals surface area contributed by atoms with E-state index in [2.05, 4.69) is 25.3 Å². The predicted molar refractivity (Wildman–Crippen MR) is 103 cm³/mol. The maximum absolute atomic E-state index is 12.7. The molecule has 0 bridgehead atoms. The topological polar surface area (TPSA) is 67.8 Å². The van der Waals surface area contributed by atoms with E-state index in [0.29, 0.717) is 30.4 Å². The Morgan fingerprint density at radius 1 is 1.33 bits per heavy atom. The third-order valence-electron chi connectivity index (χ3n) is 3.58. The minimum Gasteiger partial charge on any atom is -0.497 e. The second-order valence-corrected chi connectivity index (χ2v) is 6.64. The number of nitrogens with one attached hydrogen (secondary N) is 2. The van der Waals surface area contributed by atoms with Gasteiger partial charge in [-0.05, 0) is 26.0 Å². The minimum atomic E-state index is -2.91. The van der Waals surface area contributed by atoms with Gasteiger partial charge in [-0.25, -0.2) is 9.98 Å². The summed E-state index contributed by atoms with van der Waals surface area (Å²) in [6, 6.07) is 4.79. The van der Waals surface area contributed by atoms with Crippen LogP contribution in [0.5, 0.6) is 11.5 Å². The van der Waals surface area contributed by atoms with Gasteiger partial charge in [0.15, 0.2) is 5.96 Å². The smallest absolute Gasteiger partial charge is 0.387 e. The van der Waals surface area contributed by atoms with Crippen LogP contribution in [0.15, 0.2) is 28.6 Å². The third kappa shape index (κ3) is 7.01. The average Bonchev–Trinajstić information content (AvgIpc) is 3.05. The lowest BCUT2D eigenvalue weighted by atomic mass is 10.2. The van der Waals surface area contributed by atoms with Gasteiger partial charge in [0.2, 0.25) is 0 Å². The number of aromatic nitrogens is 1. The summed E-state index contributed by atoms with van der Waals surface area (Å²) in [5, 5.41) is 9.43. The Kier molecular flexibility index (Phi) is 8.25. The number of aliphatic imine (C=N–C) groups is 1. The van der Waals surface area contributed by atoms with Crippen molar-refractivity contribution < 1.29 is 18.3 Å². The first-order valence-electron chi connectivity index (χ1n) is 8.56. The number of benzene rings is 1. The minimum absolute atomic E-state index is 0.0573. The van der Waals surface area contributed by atoms with Gasteiger partial charge in [0.25, 0.3) is 0 Å². The van der Waals surface area contributed by atoms with Crippen LogP contribution in [-0.2, 0) is 13.0 Å². The molecule has 1 aromatic carbocycles. The largest absolute Gasteiger partial charge is 0.497 e. The van der Waals surface area contributed by atoms with Gasteiger partial charge < -0.3 is 20.1 Å². The molecule has 1 heterocycles. The molecular formula is C18H24F2N4O2S. The highest BCUT2D eigenvalue weighted by molar-refractivity contribution is 7.09. The lowest BCUT2D eigenvalue weighted by Crippen LogP contribution is -2.38. The highest BCUT2D eigenvalue weighted by atomic mass is 32.1. The Hall–Kier alpha value is -2.42. The molecule has 2 rings (SSSR count). The third-order valence-corrected chi connectivity index (χ3v) is 4.40. The van der Waals surface area contributed by atoms with Gasteiger partial charge in [0, 0.05) is 36.5 Å². The number of ether oxygens (including phenoxy) is 2. The molecule has 0 aliphatic carbocycles. The van der Waals surface area contributed by atoms with E-state index in [1.54, 1.807) is 23.5 Å². The number of rotatable bonds is 9. The quantitative estimate of drug-likeness (QED) is 0.501. The van der Waals surface area contributed by atoms with Crippen LogP contribution in [-0.4, -0.2) is 37.8 Å².